The van der Waals surface area contributed by atoms with E-state index >= 15 is 0 Å². The third kappa shape index (κ3) is 2.77. The van der Waals surface area contributed by atoms with Crippen LogP contribution < -0.4 is 0 Å². The summed E-state index contributed by atoms with van der Waals surface area (Å²) in [5.41, 5.74) is 3.29. The van der Waals surface area contributed by atoms with E-state index in [2.05, 4.69) is 21.9 Å². The van der Waals surface area contributed by atoms with Gasteiger partial charge in [0.1, 0.15) is 10.5 Å². The first kappa shape index (κ1) is 11.9. The van der Waals surface area contributed by atoms with Crippen LogP contribution in [0.25, 0.3) is 11.4 Å². The smallest absolute Gasteiger partial charge is 0.139 e. The Bertz CT molecular complexity index is 575. The summed E-state index contributed by atoms with van der Waals surface area (Å²) in [6, 6.07) is 3.89. The molecule has 0 amide bonds. The Balaban J connectivity index is 2.52. The van der Waals surface area contributed by atoms with Crippen LogP contribution in [-0.4, -0.2) is 15.0 Å². The highest BCUT2D eigenvalue weighted by Crippen LogP contribution is 2.18. The highest BCUT2D eigenvalue weighted by atomic mass is 32.1. The third-order valence-corrected chi connectivity index (χ3v) is 2.80. The molecule has 2 aromatic heterocycles. The molecule has 0 bridgehead atoms. The largest absolute Gasteiger partial charge is 0.343 e. The van der Waals surface area contributed by atoms with Gasteiger partial charge >= 0.3 is 0 Å². The van der Waals surface area contributed by atoms with Crippen molar-refractivity contribution in [1.82, 2.24) is 15.0 Å². The van der Waals surface area contributed by atoms with E-state index in [1.165, 1.54) is 0 Å². The monoisotopic (exact) mass is 245 g/mol. The molecule has 4 heteroatoms. The molecule has 2 heterocycles. The van der Waals surface area contributed by atoms with Crippen molar-refractivity contribution in [2.24, 2.45) is 0 Å². The Morgan fingerprint density at radius 3 is 2.94 bits per heavy atom. The molecule has 0 fully saturated rings. The molecular formula is C13H15N3S. The number of hydrogen-bond acceptors (Lipinski definition) is 3. The van der Waals surface area contributed by atoms with Crippen LogP contribution in [0.2, 0.25) is 0 Å². The number of hydrogen-bond donors (Lipinski definition) is 1. The minimum atomic E-state index is 0.637. The number of nitrogens with zero attached hydrogens (tertiary/aromatic N) is 2. The molecule has 0 spiro atoms. The van der Waals surface area contributed by atoms with Gasteiger partial charge in [-0.2, -0.15) is 0 Å². The lowest BCUT2D eigenvalue weighted by atomic mass is 10.1. The van der Waals surface area contributed by atoms with Crippen molar-refractivity contribution in [2.75, 3.05) is 0 Å². The number of H-pyrrole nitrogens is 1. The highest BCUT2D eigenvalue weighted by molar-refractivity contribution is 7.71. The first-order chi connectivity index (χ1) is 8.20. The first-order valence-corrected chi connectivity index (χ1v) is 6.12. The second kappa shape index (κ2) is 5.19. The SMILES string of the molecule is CCCc1cc(=S)nc(-c2ccncc2C)[nH]1. The summed E-state index contributed by atoms with van der Waals surface area (Å²) >= 11 is 5.20. The lowest BCUT2D eigenvalue weighted by Crippen LogP contribution is -1.97. The fourth-order valence-electron chi connectivity index (χ4n) is 1.78. The molecule has 2 rings (SSSR count). The van der Waals surface area contributed by atoms with Crippen molar-refractivity contribution in [1.29, 1.82) is 0 Å². The van der Waals surface area contributed by atoms with E-state index in [1.54, 1.807) is 6.20 Å². The molecule has 0 saturated carbocycles. The van der Waals surface area contributed by atoms with Crippen LogP contribution in [0.1, 0.15) is 24.6 Å². The zero-order valence-corrected chi connectivity index (χ0v) is 10.8. The van der Waals surface area contributed by atoms with Crippen LogP contribution in [0.15, 0.2) is 24.5 Å². The quantitative estimate of drug-likeness (QED) is 0.842. The highest BCUT2D eigenvalue weighted by Gasteiger charge is 2.04. The van der Waals surface area contributed by atoms with Gasteiger partial charge in [0.05, 0.1) is 0 Å². The van der Waals surface area contributed by atoms with Crippen LogP contribution in [0.5, 0.6) is 0 Å². The van der Waals surface area contributed by atoms with Crippen LogP contribution in [0.3, 0.4) is 0 Å². The van der Waals surface area contributed by atoms with E-state index in [0.29, 0.717) is 4.64 Å². The summed E-state index contributed by atoms with van der Waals surface area (Å²) in [6.45, 7) is 4.17. The number of aromatic amines is 1. The van der Waals surface area contributed by atoms with Crippen LogP contribution >= 0.6 is 12.2 Å². The van der Waals surface area contributed by atoms with E-state index in [-0.39, 0.29) is 0 Å². The second-order valence-corrected chi connectivity index (χ2v) is 4.45. The van der Waals surface area contributed by atoms with Crippen LogP contribution in [-0.2, 0) is 6.42 Å². The molecule has 88 valence electrons. The molecule has 17 heavy (non-hydrogen) atoms. The lowest BCUT2D eigenvalue weighted by Gasteiger charge is -2.07. The van der Waals surface area contributed by atoms with Gasteiger partial charge < -0.3 is 4.98 Å². The van der Waals surface area contributed by atoms with Crippen molar-refractivity contribution in [2.45, 2.75) is 26.7 Å². The molecule has 0 radical (unpaired) electrons. The average Bonchev–Trinajstić information content (AvgIpc) is 2.29. The number of aromatic nitrogens is 3. The molecule has 2 aromatic rings. The van der Waals surface area contributed by atoms with E-state index in [4.69, 9.17) is 12.2 Å². The Kier molecular flexibility index (Phi) is 3.64. The van der Waals surface area contributed by atoms with Gasteiger partial charge in [-0.05, 0) is 31.0 Å². The average molecular weight is 245 g/mol. The summed E-state index contributed by atoms with van der Waals surface area (Å²) in [5, 5.41) is 0. The first-order valence-electron chi connectivity index (χ1n) is 5.72. The molecule has 1 N–H and O–H groups in total. The zero-order valence-electron chi connectivity index (χ0n) is 10.0. The standard InChI is InChI=1S/C13H15N3S/c1-3-4-10-7-12(17)16-13(15-10)11-5-6-14-8-9(11)2/h5-8H,3-4H2,1-2H3,(H,15,16,17). The van der Waals surface area contributed by atoms with Gasteiger partial charge in [0.25, 0.3) is 0 Å². The van der Waals surface area contributed by atoms with Crippen molar-refractivity contribution >= 4 is 12.2 Å². The fourth-order valence-corrected chi connectivity index (χ4v) is 2.01. The fraction of sp³-hybridized carbons (Fsp3) is 0.308. The van der Waals surface area contributed by atoms with Crippen molar-refractivity contribution in [3.8, 4) is 11.4 Å². The second-order valence-electron chi connectivity index (χ2n) is 4.03. The van der Waals surface area contributed by atoms with Crippen molar-refractivity contribution in [3.63, 3.8) is 0 Å². The molecule has 0 saturated heterocycles. The molecule has 3 nitrogen and oxygen atoms in total. The van der Waals surface area contributed by atoms with Crippen LogP contribution in [0.4, 0.5) is 0 Å². The van der Waals surface area contributed by atoms with E-state index in [1.807, 2.05) is 25.3 Å². The lowest BCUT2D eigenvalue weighted by molar-refractivity contribution is 0.873. The summed E-state index contributed by atoms with van der Waals surface area (Å²) in [6.07, 6.45) is 5.68. The van der Waals surface area contributed by atoms with E-state index in [9.17, 15) is 0 Å². The van der Waals surface area contributed by atoms with Gasteiger partial charge in [0, 0.05) is 23.7 Å². The minimum absolute atomic E-state index is 0.637. The van der Waals surface area contributed by atoms with Gasteiger partial charge in [-0.3, -0.25) is 4.98 Å². The van der Waals surface area contributed by atoms with Crippen LogP contribution in [0, 0.1) is 11.6 Å². The maximum atomic E-state index is 5.20. The number of aryl methyl sites for hydroxylation is 2. The number of rotatable bonds is 3. The minimum Gasteiger partial charge on any atom is -0.343 e. The van der Waals surface area contributed by atoms with Gasteiger partial charge in [0.2, 0.25) is 0 Å². The summed E-state index contributed by atoms with van der Waals surface area (Å²) in [5.74, 6) is 0.834. The topological polar surface area (TPSA) is 41.6 Å². The van der Waals surface area contributed by atoms with E-state index in [0.717, 1.165) is 35.5 Å². The van der Waals surface area contributed by atoms with Gasteiger partial charge in [0.15, 0.2) is 0 Å². The third-order valence-electron chi connectivity index (χ3n) is 2.59. The number of nitrogens with one attached hydrogen (secondary N) is 1. The van der Waals surface area contributed by atoms with Gasteiger partial charge in [-0.1, -0.05) is 25.6 Å². The normalized spacial score (nSPS) is 10.5. The number of pyridine rings is 1. The zero-order chi connectivity index (χ0) is 12.3. The summed E-state index contributed by atoms with van der Waals surface area (Å²) < 4.78 is 0.637. The maximum Gasteiger partial charge on any atom is 0.139 e. The predicted molar refractivity (Wildman–Crippen MR) is 71.4 cm³/mol. The summed E-state index contributed by atoms with van der Waals surface area (Å²) in [7, 11) is 0. The molecule has 0 aliphatic carbocycles. The molecule has 0 aliphatic heterocycles. The van der Waals surface area contributed by atoms with Crippen molar-refractivity contribution in [3.05, 3.63) is 40.4 Å². The Labute approximate surface area is 106 Å². The van der Waals surface area contributed by atoms with Crippen molar-refractivity contribution < 1.29 is 0 Å². The van der Waals surface area contributed by atoms with Gasteiger partial charge in [-0.25, -0.2) is 4.98 Å². The maximum absolute atomic E-state index is 5.20. The summed E-state index contributed by atoms with van der Waals surface area (Å²) in [4.78, 5) is 11.8. The molecular weight excluding hydrogens is 230 g/mol. The molecule has 0 atom stereocenters. The Hall–Kier alpha value is -1.55. The molecule has 0 aliphatic rings. The Morgan fingerprint density at radius 1 is 1.41 bits per heavy atom. The van der Waals surface area contributed by atoms with Gasteiger partial charge in [-0.15, -0.1) is 0 Å². The Morgan fingerprint density at radius 2 is 2.24 bits per heavy atom. The van der Waals surface area contributed by atoms with E-state index < -0.39 is 0 Å². The predicted octanol–water partition coefficient (Wildman–Crippen LogP) is 3.46. The molecule has 0 unspecified atom stereocenters. The molecule has 0 aromatic carbocycles.